The van der Waals surface area contributed by atoms with Crippen molar-refractivity contribution >= 4 is 23.8 Å². The molecular weight excluding hydrogens is 268 g/mol. The van der Waals surface area contributed by atoms with E-state index in [0.717, 1.165) is 5.69 Å². The Balaban J connectivity index is 2.16. The van der Waals surface area contributed by atoms with Crippen LogP contribution in [0.4, 0.5) is 16.2 Å². The van der Waals surface area contributed by atoms with E-state index in [1.54, 1.807) is 42.5 Å². The fourth-order valence-corrected chi connectivity index (χ4v) is 1.75. The Bertz CT molecular complexity index is 639. The van der Waals surface area contributed by atoms with Crippen molar-refractivity contribution in [1.29, 1.82) is 0 Å². The van der Waals surface area contributed by atoms with Crippen LogP contribution >= 0.6 is 0 Å². The second-order valence-corrected chi connectivity index (χ2v) is 4.61. The molecule has 0 atom stereocenters. The second kappa shape index (κ2) is 6.56. The number of carbonyl (C=O) groups is 2. The number of nitrogens with one attached hydrogen (secondary N) is 1. The molecule has 0 aliphatic rings. The lowest BCUT2D eigenvalue weighted by molar-refractivity contribution is 0.112. The summed E-state index contributed by atoms with van der Waals surface area (Å²) in [6.07, 6.45) is 0.0186. The monoisotopic (exact) mass is 284 g/mol. The quantitative estimate of drug-likeness (QED) is 0.876. The highest BCUT2D eigenvalue weighted by atomic mass is 16.6. The summed E-state index contributed by atoms with van der Waals surface area (Å²) in [7, 11) is 3.73. The maximum absolute atomic E-state index is 11.9. The summed E-state index contributed by atoms with van der Waals surface area (Å²) in [5, 5.41) is 2.60. The minimum absolute atomic E-state index is 0.227. The fraction of sp³-hybridized carbons (Fsp3) is 0.125. The highest BCUT2D eigenvalue weighted by Crippen LogP contribution is 2.24. The topological polar surface area (TPSA) is 58.6 Å². The smallest absolute Gasteiger partial charge is 0.409 e. The predicted octanol–water partition coefficient (Wildman–Crippen LogP) is 3.18. The molecule has 0 aliphatic carbocycles. The molecule has 0 fully saturated rings. The van der Waals surface area contributed by atoms with E-state index >= 15 is 0 Å². The van der Waals surface area contributed by atoms with Crippen LogP contribution in [0.2, 0.25) is 0 Å². The number of carbonyl (C=O) groups excluding carboxylic acids is 2. The number of rotatable bonds is 4. The van der Waals surface area contributed by atoms with Crippen molar-refractivity contribution in [1.82, 2.24) is 0 Å². The van der Waals surface area contributed by atoms with E-state index in [1.807, 2.05) is 25.1 Å². The highest BCUT2D eigenvalue weighted by Gasteiger charge is 2.11. The van der Waals surface area contributed by atoms with Crippen molar-refractivity contribution < 1.29 is 14.3 Å². The van der Waals surface area contributed by atoms with Crippen molar-refractivity contribution in [3.05, 3.63) is 54.1 Å². The van der Waals surface area contributed by atoms with E-state index in [0.29, 0.717) is 17.5 Å². The van der Waals surface area contributed by atoms with Crippen molar-refractivity contribution in [2.45, 2.75) is 0 Å². The normalized spacial score (nSPS) is 9.81. The Labute approximate surface area is 123 Å². The molecular formula is C16H16N2O3. The summed E-state index contributed by atoms with van der Waals surface area (Å²) < 4.78 is 5.22. The summed E-state index contributed by atoms with van der Waals surface area (Å²) in [4.78, 5) is 24.7. The van der Waals surface area contributed by atoms with Crippen LogP contribution in [0.5, 0.6) is 5.75 Å². The van der Waals surface area contributed by atoms with E-state index in [9.17, 15) is 9.59 Å². The minimum Gasteiger partial charge on any atom is -0.409 e. The first-order valence-corrected chi connectivity index (χ1v) is 6.40. The van der Waals surface area contributed by atoms with Gasteiger partial charge in [0.15, 0.2) is 6.29 Å². The highest BCUT2D eigenvalue weighted by molar-refractivity contribution is 5.89. The van der Waals surface area contributed by atoms with E-state index in [2.05, 4.69) is 5.32 Å². The minimum atomic E-state index is -0.639. The predicted molar refractivity (Wildman–Crippen MR) is 82.2 cm³/mol. The van der Waals surface area contributed by atoms with Crippen LogP contribution in [-0.2, 0) is 0 Å². The van der Waals surface area contributed by atoms with Gasteiger partial charge in [0.25, 0.3) is 0 Å². The Kier molecular flexibility index (Phi) is 4.56. The average Bonchev–Trinajstić information content (AvgIpc) is 2.48. The van der Waals surface area contributed by atoms with Gasteiger partial charge < -0.3 is 9.64 Å². The zero-order valence-corrected chi connectivity index (χ0v) is 11.9. The van der Waals surface area contributed by atoms with Gasteiger partial charge in [-0.3, -0.25) is 10.1 Å². The number of anilines is 2. The van der Waals surface area contributed by atoms with Crippen molar-refractivity contribution in [2.24, 2.45) is 0 Å². The van der Waals surface area contributed by atoms with Gasteiger partial charge in [-0.25, -0.2) is 4.79 Å². The van der Waals surface area contributed by atoms with E-state index in [4.69, 9.17) is 4.74 Å². The lowest BCUT2D eigenvalue weighted by Crippen LogP contribution is -2.18. The van der Waals surface area contributed by atoms with Gasteiger partial charge >= 0.3 is 6.09 Å². The number of para-hydroxylation sites is 1. The van der Waals surface area contributed by atoms with Crippen LogP contribution in [0.1, 0.15) is 10.4 Å². The molecule has 0 saturated heterocycles. The molecule has 1 N–H and O–H groups in total. The van der Waals surface area contributed by atoms with Gasteiger partial charge in [-0.2, -0.15) is 0 Å². The summed E-state index contributed by atoms with van der Waals surface area (Å²) in [6.45, 7) is 0. The summed E-state index contributed by atoms with van der Waals surface area (Å²) >= 11 is 0. The van der Waals surface area contributed by atoms with Crippen LogP contribution in [0, 0.1) is 0 Å². The molecule has 0 unspecified atom stereocenters. The molecule has 0 aromatic heterocycles. The standard InChI is InChI=1S/C16H16N2O3/c1-18(2)14-9-8-12(11-19)15(10-14)21-16(20)17-13-6-4-3-5-7-13/h3-11H,1-2H3,(H,17,20). The Hall–Kier alpha value is -2.82. The lowest BCUT2D eigenvalue weighted by atomic mass is 10.2. The third kappa shape index (κ3) is 3.82. The van der Waals surface area contributed by atoms with Crippen LogP contribution in [0.3, 0.4) is 0 Å². The Morgan fingerprint density at radius 3 is 2.48 bits per heavy atom. The van der Waals surface area contributed by atoms with Gasteiger partial charge in [0.1, 0.15) is 5.75 Å². The number of hydrogen-bond donors (Lipinski definition) is 1. The SMILES string of the molecule is CN(C)c1ccc(C=O)c(OC(=O)Nc2ccccc2)c1. The van der Waals surface area contributed by atoms with E-state index in [-0.39, 0.29) is 5.75 Å². The molecule has 0 spiro atoms. The summed E-state index contributed by atoms with van der Waals surface area (Å²) in [5.41, 5.74) is 1.78. The van der Waals surface area contributed by atoms with Crippen LogP contribution < -0.4 is 15.0 Å². The van der Waals surface area contributed by atoms with Gasteiger partial charge in [-0.05, 0) is 24.3 Å². The molecule has 1 amide bonds. The molecule has 0 aliphatic heterocycles. The van der Waals surface area contributed by atoms with Gasteiger partial charge in [0.2, 0.25) is 0 Å². The molecule has 0 heterocycles. The van der Waals surface area contributed by atoms with Crippen LogP contribution in [-0.4, -0.2) is 26.5 Å². The third-order valence-corrected chi connectivity index (χ3v) is 2.86. The maximum atomic E-state index is 11.9. The lowest BCUT2D eigenvalue weighted by Gasteiger charge is -2.15. The first kappa shape index (κ1) is 14.6. The first-order chi connectivity index (χ1) is 10.1. The number of nitrogens with zero attached hydrogens (tertiary/aromatic N) is 1. The van der Waals surface area contributed by atoms with E-state index in [1.165, 1.54) is 0 Å². The Morgan fingerprint density at radius 2 is 1.86 bits per heavy atom. The molecule has 5 nitrogen and oxygen atoms in total. The molecule has 0 radical (unpaired) electrons. The third-order valence-electron chi connectivity index (χ3n) is 2.86. The molecule has 0 saturated carbocycles. The van der Waals surface area contributed by atoms with Gasteiger partial charge in [0, 0.05) is 31.5 Å². The number of ether oxygens (including phenoxy) is 1. The zero-order chi connectivity index (χ0) is 15.2. The molecule has 2 aromatic rings. The van der Waals surface area contributed by atoms with Crippen molar-refractivity contribution in [3.8, 4) is 5.75 Å². The van der Waals surface area contributed by atoms with Crippen LogP contribution in [0.15, 0.2) is 48.5 Å². The Morgan fingerprint density at radius 1 is 1.14 bits per heavy atom. The molecule has 2 rings (SSSR count). The molecule has 108 valence electrons. The molecule has 5 heteroatoms. The fourth-order valence-electron chi connectivity index (χ4n) is 1.75. The average molecular weight is 284 g/mol. The van der Waals surface area contributed by atoms with E-state index < -0.39 is 6.09 Å². The van der Waals surface area contributed by atoms with Crippen molar-refractivity contribution in [3.63, 3.8) is 0 Å². The number of benzene rings is 2. The number of aldehydes is 1. The van der Waals surface area contributed by atoms with Gasteiger partial charge in [-0.1, -0.05) is 18.2 Å². The van der Waals surface area contributed by atoms with Crippen LogP contribution in [0.25, 0.3) is 0 Å². The molecule has 0 bridgehead atoms. The van der Waals surface area contributed by atoms with Gasteiger partial charge in [-0.15, -0.1) is 0 Å². The summed E-state index contributed by atoms with van der Waals surface area (Å²) in [6, 6.07) is 14.0. The first-order valence-electron chi connectivity index (χ1n) is 6.40. The molecule has 2 aromatic carbocycles. The maximum Gasteiger partial charge on any atom is 0.417 e. The summed E-state index contributed by atoms with van der Waals surface area (Å²) in [5.74, 6) is 0.227. The number of amides is 1. The zero-order valence-electron chi connectivity index (χ0n) is 11.9. The van der Waals surface area contributed by atoms with Gasteiger partial charge in [0.05, 0.1) is 5.56 Å². The second-order valence-electron chi connectivity index (χ2n) is 4.61. The largest absolute Gasteiger partial charge is 0.417 e. The molecule has 21 heavy (non-hydrogen) atoms. The van der Waals surface area contributed by atoms with Crippen molar-refractivity contribution in [2.75, 3.05) is 24.3 Å². The number of hydrogen-bond acceptors (Lipinski definition) is 4.